The molecule has 5 nitrogen and oxygen atoms in total. The van der Waals surface area contributed by atoms with Crippen LogP contribution >= 0.6 is 0 Å². The van der Waals surface area contributed by atoms with Crippen LogP contribution in [-0.2, 0) is 6.42 Å². The van der Waals surface area contributed by atoms with E-state index >= 15 is 0 Å². The third-order valence-corrected chi connectivity index (χ3v) is 15.9. The Kier molecular flexibility index (Phi) is 7.46. The van der Waals surface area contributed by atoms with Gasteiger partial charge in [0.25, 0.3) is 0 Å². The summed E-state index contributed by atoms with van der Waals surface area (Å²) in [5.74, 6) is 0. The second kappa shape index (κ2) is 14.0. The number of hydrogen-bond acceptors (Lipinski definition) is 3. The average molecular weight is 917 g/mol. The highest BCUT2D eigenvalue weighted by Gasteiger charge is 2.26. The Morgan fingerprint density at radius 2 is 0.736 bits per heavy atom. The molecule has 1 aliphatic carbocycles. The van der Waals surface area contributed by atoms with E-state index < -0.39 is 0 Å². The summed E-state index contributed by atoms with van der Waals surface area (Å²) in [7, 11) is 0. The second-order valence-electron chi connectivity index (χ2n) is 19.7. The first-order valence-corrected chi connectivity index (χ1v) is 24.9. The van der Waals surface area contributed by atoms with Gasteiger partial charge in [0.1, 0.15) is 11.2 Å². The van der Waals surface area contributed by atoms with Gasteiger partial charge in [0, 0.05) is 94.1 Å². The van der Waals surface area contributed by atoms with Crippen molar-refractivity contribution < 1.29 is 4.42 Å². The highest BCUT2D eigenvalue weighted by molar-refractivity contribution is 6.29. The van der Waals surface area contributed by atoms with Crippen LogP contribution in [0, 0.1) is 0 Å². The van der Waals surface area contributed by atoms with Crippen molar-refractivity contribution in [3.8, 4) is 11.1 Å². The Labute approximate surface area is 412 Å². The zero-order valence-electron chi connectivity index (χ0n) is 38.8. The zero-order valence-corrected chi connectivity index (χ0v) is 38.8. The molecule has 0 fully saturated rings. The van der Waals surface area contributed by atoms with E-state index in [9.17, 15) is 0 Å². The first-order valence-electron chi connectivity index (χ1n) is 24.9. The maximum absolute atomic E-state index is 6.42. The first kappa shape index (κ1) is 38.3. The van der Waals surface area contributed by atoms with Crippen molar-refractivity contribution in [1.29, 1.82) is 0 Å². The van der Waals surface area contributed by atoms with Crippen LogP contribution in [0.3, 0.4) is 0 Å². The van der Waals surface area contributed by atoms with Gasteiger partial charge >= 0.3 is 0 Å². The SMILES string of the molecule is c1ccc(N(c2ccc3c(c2)Cc2ccccc2-3)c2ccc3c(c2)c2cccc4c5cc6c(cc5n3c24)c2cccc3c4cc(N(c5ccccc5)c5ccc7c(c5)oc5ccccc57)ccc4n6c32)cc1. The van der Waals surface area contributed by atoms with E-state index in [1.807, 2.05) is 12.1 Å². The molecule has 0 amide bonds. The van der Waals surface area contributed by atoms with Crippen molar-refractivity contribution in [2.24, 2.45) is 0 Å². The molecule has 17 rings (SSSR count). The maximum Gasteiger partial charge on any atom is 0.137 e. The van der Waals surface area contributed by atoms with Gasteiger partial charge in [-0.3, -0.25) is 0 Å². The molecule has 11 aromatic carbocycles. The van der Waals surface area contributed by atoms with Gasteiger partial charge in [0.2, 0.25) is 0 Å². The van der Waals surface area contributed by atoms with Crippen molar-refractivity contribution in [3.05, 3.63) is 242 Å². The summed E-state index contributed by atoms with van der Waals surface area (Å²) in [5, 5.41) is 12.3. The fourth-order valence-electron chi connectivity index (χ4n) is 12.9. The molecule has 5 heteroatoms. The summed E-state index contributed by atoms with van der Waals surface area (Å²) in [4.78, 5) is 4.77. The lowest BCUT2D eigenvalue weighted by Gasteiger charge is -2.26. The summed E-state index contributed by atoms with van der Waals surface area (Å²) in [6.45, 7) is 0. The highest BCUT2D eigenvalue weighted by atomic mass is 16.3. The monoisotopic (exact) mass is 916 g/mol. The number of anilines is 6. The van der Waals surface area contributed by atoms with Gasteiger partial charge in [-0.1, -0.05) is 121 Å². The minimum Gasteiger partial charge on any atom is -0.456 e. The van der Waals surface area contributed by atoms with Crippen LogP contribution in [0.4, 0.5) is 34.1 Å². The Morgan fingerprint density at radius 3 is 1.36 bits per heavy atom. The number of furan rings is 1. The number of nitrogens with zero attached hydrogens (tertiary/aromatic N) is 4. The maximum atomic E-state index is 6.42. The minimum absolute atomic E-state index is 0.878. The van der Waals surface area contributed by atoms with Crippen molar-refractivity contribution in [3.63, 3.8) is 0 Å². The summed E-state index contributed by atoms with van der Waals surface area (Å²) >= 11 is 0. The van der Waals surface area contributed by atoms with E-state index in [-0.39, 0.29) is 0 Å². The Bertz CT molecular complexity index is 4910. The Hall–Kier alpha value is -9.58. The zero-order chi connectivity index (χ0) is 46.8. The van der Waals surface area contributed by atoms with Gasteiger partial charge in [-0.25, -0.2) is 0 Å². The number of para-hydroxylation sites is 5. The third-order valence-electron chi connectivity index (χ3n) is 15.9. The number of benzene rings is 11. The molecule has 0 saturated heterocycles. The smallest absolute Gasteiger partial charge is 0.137 e. The van der Waals surface area contributed by atoms with Crippen LogP contribution in [0.5, 0.6) is 0 Å². The summed E-state index contributed by atoms with van der Waals surface area (Å²) in [6, 6.07) is 84.9. The number of hydrogen-bond donors (Lipinski definition) is 0. The standard InChI is InChI=1S/C67H40N4O/c1-3-14-42(15-4-1)68(44-25-29-49-41(34-44)33-40-13-7-8-18-48(40)49)45-27-31-60-56(35-45)52-20-11-22-54-58-39-63-59(38-62(58)70(60)66(52)54)55-23-12-21-53-57-36-46(28-32-61(57)71(63)67(53)55)69(43-16-5-2-6-17-43)47-26-30-51-50-19-9-10-24-64(50)72-65(51)37-47/h1-32,34-39H,33H2. The van der Waals surface area contributed by atoms with E-state index in [2.05, 4.69) is 237 Å². The summed E-state index contributed by atoms with van der Waals surface area (Å²) < 4.78 is 11.5. The largest absolute Gasteiger partial charge is 0.456 e. The van der Waals surface area contributed by atoms with Gasteiger partial charge in [0.15, 0.2) is 0 Å². The quantitative estimate of drug-likeness (QED) is 0.166. The molecule has 72 heavy (non-hydrogen) atoms. The highest BCUT2D eigenvalue weighted by Crippen LogP contribution is 2.48. The van der Waals surface area contributed by atoms with Crippen molar-refractivity contribution >= 4 is 132 Å². The molecule has 0 saturated carbocycles. The van der Waals surface area contributed by atoms with Gasteiger partial charge in [-0.15, -0.1) is 0 Å². The van der Waals surface area contributed by atoms with Crippen LogP contribution in [0.25, 0.3) is 109 Å². The van der Waals surface area contributed by atoms with E-state index in [1.54, 1.807) is 0 Å². The molecule has 0 spiro atoms. The fraction of sp³-hybridized carbons (Fsp3) is 0.0149. The molecule has 0 atom stereocenters. The van der Waals surface area contributed by atoms with Crippen molar-refractivity contribution in [1.82, 2.24) is 8.80 Å². The normalized spacial score (nSPS) is 12.7. The van der Waals surface area contributed by atoms with Gasteiger partial charge < -0.3 is 23.0 Å². The van der Waals surface area contributed by atoms with E-state index in [4.69, 9.17) is 4.42 Å². The summed E-state index contributed by atoms with van der Waals surface area (Å²) in [5.41, 5.74) is 21.3. The van der Waals surface area contributed by atoms with Gasteiger partial charge in [0.05, 0.1) is 33.1 Å². The molecule has 0 N–H and O–H groups in total. The molecule has 5 aromatic heterocycles. The van der Waals surface area contributed by atoms with Crippen LogP contribution in [-0.4, -0.2) is 8.80 Å². The van der Waals surface area contributed by atoms with E-state index in [0.29, 0.717) is 0 Å². The molecule has 16 aromatic rings. The molecule has 334 valence electrons. The van der Waals surface area contributed by atoms with Crippen LogP contribution in [0.2, 0.25) is 0 Å². The second-order valence-corrected chi connectivity index (χ2v) is 19.7. The van der Waals surface area contributed by atoms with Gasteiger partial charge in [-0.05, 0) is 132 Å². The molecule has 5 heterocycles. The third kappa shape index (κ3) is 5.11. The minimum atomic E-state index is 0.878. The molecule has 0 radical (unpaired) electrons. The molecule has 0 aliphatic heterocycles. The lowest BCUT2D eigenvalue weighted by Crippen LogP contribution is -2.10. The van der Waals surface area contributed by atoms with Crippen LogP contribution in [0.15, 0.2) is 235 Å². The average Bonchev–Trinajstić information content (AvgIpc) is 4.28. The van der Waals surface area contributed by atoms with Crippen LogP contribution in [0.1, 0.15) is 11.1 Å². The first-order chi connectivity index (χ1) is 35.7. The number of aromatic nitrogens is 2. The van der Waals surface area contributed by atoms with Gasteiger partial charge in [-0.2, -0.15) is 0 Å². The van der Waals surface area contributed by atoms with Crippen molar-refractivity contribution in [2.45, 2.75) is 6.42 Å². The van der Waals surface area contributed by atoms with E-state index in [1.165, 1.54) is 104 Å². The molecule has 0 bridgehead atoms. The van der Waals surface area contributed by atoms with Crippen molar-refractivity contribution in [2.75, 3.05) is 9.80 Å². The molecule has 1 aliphatic rings. The lowest BCUT2D eigenvalue weighted by atomic mass is 10.0. The Balaban J connectivity index is 0.832. The summed E-state index contributed by atoms with van der Waals surface area (Å²) in [6.07, 6.45) is 0.952. The molecule has 0 unspecified atom stereocenters. The topological polar surface area (TPSA) is 28.4 Å². The van der Waals surface area contributed by atoms with Crippen LogP contribution < -0.4 is 9.80 Å². The number of rotatable bonds is 6. The predicted molar refractivity (Wildman–Crippen MR) is 301 cm³/mol. The Morgan fingerprint density at radius 1 is 0.278 bits per heavy atom. The molecular formula is C67H40N4O. The van der Waals surface area contributed by atoms with E-state index in [0.717, 1.165) is 56.8 Å². The lowest BCUT2D eigenvalue weighted by molar-refractivity contribution is 0.669. The molecular weight excluding hydrogens is 877 g/mol. The fourth-order valence-corrected chi connectivity index (χ4v) is 12.9. The number of fused-ring (bicyclic) bond motifs is 18. The predicted octanol–water partition coefficient (Wildman–Crippen LogP) is 18.4.